The number of morpholine rings is 1. The lowest BCUT2D eigenvalue weighted by Gasteiger charge is -2.35. The molecular formula is C17H19ClFN3O2. The molecule has 7 heteroatoms. The Hall–Kier alpha value is -1.92. The molecule has 24 heavy (non-hydrogen) atoms. The van der Waals surface area contributed by atoms with E-state index in [9.17, 15) is 9.18 Å². The molecule has 5 nitrogen and oxygen atoms in total. The number of halogens is 2. The van der Waals surface area contributed by atoms with Crippen LogP contribution in [0.1, 0.15) is 29.9 Å². The molecular weight excluding hydrogens is 333 g/mol. The van der Waals surface area contributed by atoms with Crippen molar-refractivity contribution in [2.75, 3.05) is 13.1 Å². The minimum Gasteiger partial charge on any atom is -0.372 e. The summed E-state index contributed by atoms with van der Waals surface area (Å²) in [6.45, 7) is 6.65. The highest BCUT2D eigenvalue weighted by Gasteiger charge is 2.30. The number of carbonyl (C=O) groups is 1. The predicted octanol–water partition coefficient (Wildman–Crippen LogP) is 3.22. The molecule has 3 rings (SSSR count). The second kappa shape index (κ2) is 6.53. The fourth-order valence-corrected chi connectivity index (χ4v) is 3.35. The van der Waals surface area contributed by atoms with Crippen LogP contribution >= 0.6 is 11.6 Å². The van der Waals surface area contributed by atoms with Crippen LogP contribution in [0.2, 0.25) is 5.15 Å². The monoisotopic (exact) mass is 351 g/mol. The number of nitrogens with zero attached hydrogens (tertiary/aromatic N) is 3. The van der Waals surface area contributed by atoms with Crippen LogP contribution in [0.4, 0.5) is 4.39 Å². The van der Waals surface area contributed by atoms with Crippen molar-refractivity contribution in [3.63, 3.8) is 0 Å². The van der Waals surface area contributed by atoms with Crippen LogP contribution in [0.25, 0.3) is 5.69 Å². The lowest BCUT2D eigenvalue weighted by atomic mass is 10.1. The van der Waals surface area contributed by atoms with E-state index in [1.165, 1.54) is 16.8 Å². The molecule has 0 bridgehead atoms. The summed E-state index contributed by atoms with van der Waals surface area (Å²) in [5.41, 5.74) is 1.52. The van der Waals surface area contributed by atoms with Crippen molar-refractivity contribution in [1.29, 1.82) is 0 Å². The smallest absolute Gasteiger partial charge is 0.259 e. The first-order valence-electron chi connectivity index (χ1n) is 7.82. The number of hydrogen-bond donors (Lipinski definition) is 0. The Kier molecular flexibility index (Phi) is 4.60. The quantitative estimate of drug-likeness (QED) is 0.834. The predicted molar refractivity (Wildman–Crippen MR) is 89.2 cm³/mol. The average molecular weight is 352 g/mol. The van der Waals surface area contributed by atoms with E-state index >= 15 is 0 Å². The van der Waals surface area contributed by atoms with Crippen LogP contribution in [0.15, 0.2) is 24.3 Å². The highest BCUT2D eigenvalue weighted by Crippen LogP contribution is 2.26. The molecule has 1 saturated heterocycles. The number of amides is 1. The van der Waals surface area contributed by atoms with Crippen LogP contribution in [-0.2, 0) is 4.74 Å². The Morgan fingerprint density at radius 3 is 2.42 bits per heavy atom. The number of benzene rings is 1. The van der Waals surface area contributed by atoms with Gasteiger partial charge in [-0.05, 0) is 45.0 Å². The van der Waals surface area contributed by atoms with Crippen molar-refractivity contribution in [2.24, 2.45) is 0 Å². The molecule has 0 spiro atoms. The van der Waals surface area contributed by atoms with Crippen molar-refractivity contribution in [1.82, 2.24) is 14.7 Å². The van der Waals surface area contributed by atoms with Gasteiger partial charge in [-0.2, -0.15) is 5.10 Å². The number of aryl methyl sites for hydroxylation is 1. The highest BCUT2D eigenvalue weighted by atomic mass is 35.5. The van der Waals surface area contributed by atoms with Gasteiger partial charge in [-0.15, -0.1) is 0 Å². The largest absolute Gasteiger partial charge is 0.372 e. The van der Waals surface area contributed by atoms with Crippen LogP contribution in [0.5, 0.6) is 0 Å². The average Bonchev–Trinajstić information content (AvgIpc) is 2.81. The van der Waals surface area contributed by atoms with Crippen LogP contribution in [0.3, 0.4) is 0 Å². The number of ether oxygens (including phenoxy) is 1. The summed E-state index contributed by atoms with van der Waals surface area (Å²) < 4.78 is 20.2. The molecule has 1 fully saturated rings. The van der Waals surface area contributed by atoms with Crippen LogP contribution in [-0.4, -0.2) is 45.9 Å². The molecule has 0 aliphatic carbocycles. The number of rotatable bonds is 2. The Labute approximate surface area is 145 Å². The van der Waals surface area contributed by atoms with E-state index in [0.29, 0.717) is 30.0 Å². The molecule has 0 unspecified atom stereocenters. The minimum absolute atomic E-state index is 0.0241. The molecule has 2 heterocycles. The first-order chi connectivity index (χ1) is 11.4. The molecule has 2 atom stereocenters. The zero-order valence-corrected chi connectivity index (χ0v) is 14.5. The molecule has 1 aromatic heterocycles. The van der Waals surface area contributed by atoms with Gasteiger partial charge in [0, 0.05) is 13.1 Å². The molecule has 0 N–H and O–H groups in total. The molecule has 1 aromatic carbocycles. The summed E-state index contributed by atoms with van der Waals surface area (Å²) in [6.07, 6.45) is -0.0483. The lowest BCUT2D eigenvalue weighted by molar-refractivity contribution is -0.0586. The third kappa shape index (κ3) is 3.16. The number of hydrogen-bond acceptors (Lipinski definition) is 3. The van der Waals surface area contributed by atoms with Gasteiger partial charge in [-0.3, -0.25) is 4.79 Å². The maximum atomic E-state index is 13.1. The van der Waals surface area contributed by atoms with Gasteiger partial charge in [0.1, 0.15) is 11.0 Å². The van der Waals surface area contributed by atoms with Gasteiger partial charge in [0.25, 0.3) is 5.91 Å². The second-order valence-electron chi connectivity index (χ2n) is 6.11. The van der Waals surface area contributed by atoms with Gasteiger partial charge in [0.15, 0.2) is 0 Å². The summed E-state index contributed by atoms with van der Waals surface area (Å²) in [4.78, 5) is 14.6. The van der Waals surface area contributed by atoms with Gasteiger partial charge < -0.3 is 9.64 Å². The first-order valence-corrected chi connectivity index (χ1v) is 8.20. The van der Waals surface area contributed by atoms with Crippen molar-refractivity contribution < 1.29 is 13.9 Å². The third-order valence-corrected chi connectivity index (χ3v) is 4.35. The lowest BCUT2D eigenvalue weighted by Crippen LogP contribution is -2.48. The number of aromatic nitrogens is 2. The van der Waals surface area contributed by atoms with Crippen molar-refractivity contribution in [2.45, 2.75) is 33.0 Å². The number of carbonyl (C=O) groups excluding carboxylic acids is 1. The molecule has 128 valence electrons. The fourth-order valence-electron chi connectivity index (χ4n) is 3.00. The Morgan fingerprint density at radius 2 is 1.83 bits per heavy atom. The first kappa shape index (κ1) is 16.9. The van der Waals surface area contributed by atoms with Gasteiger partial charge in [-0.25, -0.2) is 9.07 Å². The summed E-state index contributed by atoms with van der Waals surface area (Å²) in [7, 11) is 0. The van der Waals surface area contributed by atoms with Crippen molar-refractivity contribution in [3.05, 3.63) is 46.5 Å². The van der Waals surface area contributed by atoms with E-state index in [2.05, 4.69) is 5.10 Å². The summed E-state index contributed by atoms with van der Waals surface area (Å²) in [5, 5.41) is 4.58. The maximum absolute atomic E-state index is 13.1. The molecule has 0 saturated carbocycles. The summed E-state index contributed by atoms with van der Waals surface area (Å²) >= 11 is 6.42. The molecule has 2 aromatic rings. The molecule has 1 aliphatic rings. The Balaban J connectivity index is 1.94. The van der Waals surface area contributed by atoms with E-state index < -0.39 is 0 Å². The van der Waals surface area contributed by atoms with Crippen LogP contribution < -0.4 is 0 Å². The van der Waals surface area contributed by atoms with E-state index in [1.54, 1.807) is 24.0 Å². The zero-order valence-electron chi connectivity index (χ0n) is 13.8. The molecule has 1 aliphatic heterocycles. The van der Waals surface area contributed by atoms with Gasteiger partial charge in [0.05, 0.1) is 29.2 Å². The summed E-state index contributed by atoms with van der Waals surface area (Å²) in [6, 6.07) is 5.80. The van der Waals surface area contributed by atoms with Crippen molar-refractivity contribution >= 4 is 17.5 Å². The fraction of sp³-hybridized carbons (Fsp3) is 0.412. The van der Waals surface area contributed by atoms with E-state index in [1.807, 2.05) is 13.8 Å². The van der Waals surface area contributed by atoms with Gasteiger partial charge in [-0.1, -0.05) is 11.6 Å². The van der Waals surface area contributed by atoms with E-state index in [-0.39, 0.29) is 29.1 Å². The van der Waals surface area contributed by atoms with Gasteiger partial charge in [0.2, 0.25) is 0 Å². The zero-order chi connectivity index (χ0) is 17.4. The normalized spacial score (nSPS) is 21.1. The maximum Gasteiger partial charge on any atom is 0.259 e. The topological polar surface area (TPSA) is 47.4 Å². The minimum atomic E-state index is -0.341. The van der Waals surface area contributed by atoms with Crippen molar-refractivity contribution in [3.8, 4) is 5.69 Å². The summed E-state index contributed by atoms with van der Waals surface area (Å²) in [5.74, 6) is -0.501. The Bertz CT molecular complexity index is 750. The second-order valence-corrected chi connectivity index (χ2v) is 6.46. The highest BCUT2D eigenvalue weighted by molar-refractivity contribution is 6.33. The van der Waals surface area contributed by atoms with E-state index in [0.717, 1.165) is 0 Å². The third-order valence-electron chi connectivity index (χ3n) is 4.00. The standard InChI is InChI=1S/C17H19ClFN3O2/c1-10-8-21(9-11(2)24-10)17(23)15-12(3)20-22(16(15)18)14-6-4-13(19)5-7-14/h4-7,10-11H,8-9H2,1-3H3/t10-,11-/m0/s1. The van der Waals surface area contributed by atoms with Crippen LogP contribution in [0, 0.1) is 12.7 Å². The Morgan fingerprint density at radius 1 is 1.25 bits per heavy atom. The van der Waals surface area contributed by atoms with E-state index in [4.69, 9.17) is 16.3 Å². The molecule has 1 amide bonds. The molecule has 0 radical (unpaired) electrons. The SMILES string of the molecule is Cc1nn(-c2ccc(F)cc2)c(Cl)c1C(=O)N1C[C@H](C)O[C@@H](C)C1. The van der Waals surface area contributed by atoms with Gasteiger partial charge >= 0.3 is 0 Å².